The first-order valence-electron chi connectivity index (χ1n) is 7.14. The molecule has 0 heterocycles. The summed E-state index contributed by atoms with van der Waals surface area (Å²) < 4.78 is 14.9. The number of rotatable bonds is 6. The van der Waals surface area contributed by atoms with Crippen LogP contribution in [0.5, 0.6) is 11.5 Å². The predicted molar refractivity (Wildman–Crippen MR) is 84.7 cm³/mol. The van der Waals surface area contributed by atoms with Crippen molar-refractivity contribution in [1.82, 2.24) is 0 Å². The SMILES string of the molecule is COC(=O)c1ccc(OC(=O)CCc2ccc(OC)cc2)cc1. The Labute approximate surface area is 134 Å². The molecule has 5 heteroatoms. The summed E-state index contributed by atoms with van der Waals surface area (Å²) in [6.07, 6.45) is 0.855. The van der Waals surface area contributed by atoms with Crippen molar-refractivity contribution < 1.29 is 23.8 Å². The molecule has 0 fully saturated rings. The highest BCUT2D eigenvalue weighted by atomic mass is 16.5. The van der Waals surface area contributed by atoms with Crippen LogP contribution < -0.4 is 9.47 Å². The third kappa shape index (κ3) is 4.85. The van der Waals surface area contributed by atoms with E-state index >= 15 is 0 Å². The average Bonchev–Trinajstić information content (AvgIpc) is 2.60. The molecule has 0 N–H and O–H groups in total. The second kappa shape index (κ2) is 7.98. The Bertz CT molecular complexity index is 659. The Morgan fingerprint density at radius 1 is 0.870 bits per heavy atom. The molecule has 0 bridgehead atoms. The maximum atomic E-state index is 11.8. The Kier molecular flexibility index (Phi) is 5.74. The van der Waals surface area contributed by atoms with E-state index in [1.54, 1.807) is 31.4 Å². The summed E-state index contributed by atoms with van der Waals surface area (Å²) in [5.41, 5.74) is 1.44. The Morgan fingerprint density at radius 2 is 1.48 bits per heavy atom. The Hall–Kier alpha value is -2.82. The van der Waals surface area contributed by atoms with Crippen LogP contribution in [0.25, 0.3) is 0 Å². The summed E-state index contributed by atoms with van der Waals surface area (Å²) in [7, 11) is 2.92. The number of hydrogen-bond donors (Lipinski definition) is 0. The third-order valence-electron chi connectivity index (χ3n) is 3.28. The number of hydrogen-bond acceptors (Lipinski definition) is 5. The molecule has 0 aliphatic carbocycles. The highest BCUT2D eigenvalue weighted by Gasteiger charge is 2.08. The van der Waals surface area contributed by atoms with Crippen molar-refractivity contribution in [2.45, 2.75) is 12.8 Å². The quantitative estimate of drug-likeness (QED) is 0.606. The van der Waals surface area contributed by atoms with Crippen molar-refractivity contribution in [2.75, 3.05) is 14.2 Å². The van der Waals surface area contributed by atoms with E-state index in [4.69, 9.17) is 9.47 Å². The van der Waals surface area contributed by atoms with E-state index in [-0.39, 0.29) is 12.4 Å². The zero-order chi connectivity index (χ0) is 16.7. The molecule has 0 saturated heterocycles. The standard InChI is InChI=1S/C18H18O5/c1-21-15-8-3-13(4-9-15)5-12-17(19)23-16-10-6-14(7-11-16)18(20)22-2/h3-4,6-11H,5,12H2,1-2H3. The maximum Gasteiger partial charge on any atom is 0.337 e. The number of ether oxygens (including phenoxy) is 3. The molecule has 0 radical (unpaired) electrons. The van der Waals surface area contributed by atoms with Crippen LogP contribution in [0.1, 0.15) is 22.3 Å². The molecule has 0 aliphatic rings. The number of esters is 2. The molecule has 23 heavy (non-hydrogen) atoms. The minimum atomic E-state index is -0.428. The fourth-order valence-corrected chi connectivity index (χ4v) is 2.00. The monoisotopic (exact) mass is 314 g/mol. The summed E-state index contributed by atoms with van der Waals surface area (Å²) in [4.78, 5) is 23.2. The molecule has 0 atom stereocenters. The number of methoxy groups -OCH3 is 2. The fraction of sp³-hybridized carbons (Fsp3) is 0.222. The van der Waals surface area contributed by atoms with Crippen LogP contribution >= 0.6 is 0 Å². The van der Waals surface area contributed by atoms with E-state index in [0.717, 1.165) is 11.3 Å². The molecule has 0 saturated carbocycles. The van der Waals surface area contributed by atoms with Crippen LogP contribution in [-0.4, -0.2) is 26.2 Å². The van der Waals surface area contributed by atoms with Gasteiger partial charge in [0.15, 0.2) is 0 Å². The van der Waals surface area contributed by atoms with E-state index < -0.39 is 5.97 Å². The second-order valence-electron chi connectivity index (χ2n) is 4.84. The van der Waals surface area contributed by atoms with Crippen molar-refractivity contribution in [3.63, 3.8) is 0 Å². The smallest absolute Gasteiger partial charge is 0.337 e. The normalized spacial score (nSPS) is 10.0. The van der Waals surface area contributed by atoms with Gasteiger partial charge >= 0.3 is 11.9 Å². The lowest BCUT2D eigenvalue weighted by molar-refractivity contribution is -0.134. The Morgan fingerprint density at radius 3 is 2.04 bits per heavy atom. The molecule has 2 rings (SSSR count). The summed E-state index contributed by atoms with van der Waals surface area (Å²) in [6, 6.07) is 13.8. The number of aryl methyl sites for hydroxylation is 1. The predicted octanol–water partition coefficient (Wildman–Crippen LogP) is 3.02. The second-order valence-corrected chi connectivity index (χ2v) is 4.84. The van der Waals surface area contributed by atoms with E-state index in [2.05, 4.69) is 4.74 Å². The summed E-state index contributed by atoms with van der Waals surface area (Å²) >= 11 is 0. The van der Waals surface area contributed by atoms with Gasteiger partial charge in [-0.1, -0.05) is 12.1 Å². The van der Waals surface area contributed by atoms with Crippen molar-refractivity contribution in [3.8, 4) is 11.5 Å². The average molecular weight is 314 g/mol. The molecule has 0 unspecified atom stereocenters. The summed E-state index contributed by atoms with van der Waals surface area (Å²) in [5, 5.41) is 0. The molecule has 5 nitrogen and oxygen atoms in total. The first-order chi connectivity index (χ1) is 11.1. The van der Waals surface area contributed by atoms with Crippen molar-refractivity contribution in [3.05, 3.63) is 59.7 Å². The lowest BCUT2D eigenvalue weighted by atomic mass is 10.1. The van der Waals surface area contributed by atoms with Gasteiger partial charge in [0.2, 0.25) is 0 Å². The molecule has 120 valence electrons. The Balaban J connectivity index is 1.85. The van der Waals surface area contributed by atoms with Gasteiger partial charge in [-0.05, 0) is 48.4 Å². The molecular formula is C18H18O5. The van der Waals surface area contributed by atoms with Crippen LogP contribution in [0.4, 0.5) is 0 Å². The van der Waals surface area contributed by atoms with Crippen LogP contribution in [0.15, 0.2) is 48.5 Å². The maximum absolute atomic E-state index is 11.8. The lowest BCUT2D eigenvalue weighted by Crippen LogP contribution is -2.09. The van der Waals surface area contributed by atoms with Gasteiger partial charge in [0.1, 0.15) is 11.5 Å². The van der Waals surface area contributed by atoms with Crippen molar-refractivity contribution >= 4 is 11.9 Å². The van der Waals surface area contributed by atoms with E-state index in [1.807, 2.05) is 24.3 Å². The first kappa shape index (κ1) is 16.5. The van der Waals surface area contributed by atoms with Gasteiger partial charge in [-0.2, -0.15) is 0 Å². The minimum absolute atomic E-state index is 0.269. The van der Waals surface area contributed by atoms with Gasteiger partial charge < -0.3 is 14.2 Å². The zero-order valence-electron chi connectivity index (χ0n) is 13.1. The molecule has 0 aromatic heterocycles. The van der Waals surface area contributed by atoms with Crippen LogP contribution in [0.3, 0.4) is 0 Å². The van der Waals surface area contributed by atoms with Crippen LogP contribution in [-0.2, 0) is 16.0 Å². The van der Waals surface area contributed by atoms with Crippen LogP contribution in [0.2, 0.25) is 0 Å². The van der Waals surface area contributed by atoms with E-state index in [9.17, 15) is 9.59 Å². The molecule has 0 aliphatic heterocycles. The van der Waals surface area contributed by atoms with Gasteiger partial charge in [0.25, 0.3) is 0 Å². The largest absolute Gasteiger partial charge is 0.497 e. The summed E-state index contributed by atoms with van der Waals surface area (Å²) in [5.74, 6) is 0.424. The number of carbonyl (C=O) groups is 2. The van der Waals surface area contributed by atoms with E-state index in [0.29, 0.717) is 17.7 Å². The van der Waals surface area contributed by atoms with E-state index in [1.165, 1.54) is 7.11 Å². The van der Waals surface area contributed by atoms with Gasteiger partial charge in [0, 0.05) is 6.42 Å². The molecule has 0 amide bonds. The van der Waals surface area contributed by atoms with Crippen molar-refractivity contribution in [2.24, 2.45) is 0 Å². The van der Waals surface area contributed by atoms with Gasteiger partial charge in [-0.3, -0.25) is 4.79 Å². The van der Waals surface area contributed by atoms with Gasteiger partial charge in [0.05, 0.1) is 19.8 Å². The summed E-state index contributed by atoms with van der Waals surface area (Å²) in [6.45, 7) is 0. The van der Waals surface area contributed by atoms with Gasteiger partial charge in [-0.25, -0.2) is 4.79 Å². The van der Waals surface area contributed by atoms with Gasteiger partial charge in [-0.15, -0.1) is 0 Å². The number of carbonyl (C=O) groups excluding carboxylic acids is 2. The van der Waals surface area contributed by atoms with Crippen molar-refractivity contribution in [1.29, 1.82) is 0 Å². The fourth-order valence-electron chi connectivity index (χ4n) is 2.00. The number of benzene rings is 2. The molecular weight excluding hydrogens is 296 g/mol. The minimum Gasteiger partial charge on any atom is -0.497 e. The molecule has 0 spiro atoms. The van der Waals surface area contributed by atoms with Crippen LogP contribution in [0, 0.1) is 0 Å². The molecule has 2 aromatic rings. The molecule has 2 aromatic carbocycles. The zero-order valence-corrected chi connectivity index (χ0v) is 13.1. The topological polar surface area (TPSA) is 61.8 Å². The third-order valence-corrected chi connectivity index (χ3v) is 3.28. The highest BCUT2D eigenvalue weighted by molar-refractivity contribution is 5.89. The lowest BCUT2D eigenvalue weighted by Gasteiger charge is -2.06. The highest BCUT2D eigenvalue weighted by Crippen LogP contribution is 2.15. The first-order valence-corrected chi connectivity index (χ1v) is 7.14.